The maximum atomic E-state index is 11.5. The highest BCUT2D eigenvalue weighted by Gasteiger charge is 2.16. The molecule has 2 nitrogen and oxygen atoms in total. The standard InChI is InChI=1S/C12H22O2S/c1-2-8-14-9-5-7-12-6-3-4-10-15(13)11-12/h2,8,12H,3-7,9-11H2,1H3/b8-2+. The molecule has 1 saturated heterocycles. The van der Waals surface area contributed by atoms with E-state index >= 15 is 0 Å². The monoisotopic (exact) mass is 230 g/mol. The fraction of sp³-hybridized carbons (Fsp3) is 0.833. The summed E-state index contributed by atoms with van der Waals surface area (Å²) in [7, 11) is -0.551. The number of hydrogen-bond donors (Lipinski definition) is 0. The van der Waals surface area contributed by atoms with Crippen molar-refractivity contribution in [3.8, 4) is 0 Å². The van der Waals surface area contributed by atoms with E-state index in [0.717, 1.165) is 31.0 Å². The van der Waals surface area contributed by atoms with Gasteiger partial charge in [-0.2, -0.15) is 0 Å². The first kappa shape index (κ1) is 12.8. The molecular weight excluding hydrogens is 208 g/mol. The summed E-state index contributed by atoms with van der Waals surface area (Å²) in [6.07, 6.45) is 9.57. The van der Waals surface area contributed by atoms with Gasteiger partial charge in [-0.25, -0.2) is 0 Å². The summed E-state index contributed by atoms with van der Waals surface area (Å²) in [5.41, 5.74) is 0. The van der Waals surface area contributed by atoms with Crippen molar-refractivity contribution in [1.82, 2.24) is 0 Å². The maximum absolute atomic E-state index is 11.5. The molecule has 0 aromatic heterocycles. The third-order valence-electron chi connectivity index (χ3n) is 2.76. The average Bonchev–Trinajstić information content (AvgIpc) is 2.43. The minimum absolute atomic E-state index is 0.551. The lowest BCUT2D eigenvalue weighted by molar-refractivity contribution is 0.233. The van der Waals surface area contributed by atoms with Crippen LogP contribution in [0.4, 0.5) is 0 Å². The van der Waals surface area contributed by atoms with Crippen LogP contribution in [0.15, 0.2) is 12.3 Å². The molecule has 0 radical (unpaired) electrons. The quantitative estimate of drug-likeness (QED) is 0.536. The number of ether oxygens (including phenoxy) is 1. The molecule has 0 spiro atoms. The number of allylic oxidation sites excluding steroid dienone is 1. The van der Waals surface area contributed by atoms with Crippen LogP contribution in [0.3, 0.4) is 0 Å². The Balaban J connectivity index is 2.11. The van der Waals surface area contributed by atoms with Gasteiger partial charge in [0.05, 0.1) is 12.9 Å². The van der Waals surface area contributed by atoms with E-state index in [4.69, 9.17) is 4.74 Å². The van der Waals surface area contributed by atoms with Crippen LogP contribution in [0.25, 0.3) is 0 Å². The average molecular weight is 230 g/mol. The lowest BCUT2D eigenvalue weighted by Crippen LogP contribution is -2.10. The molecule has 15 heavy (non-hydrogen) atoms. The lowest BCUT2D eigenvalue weighted by atomic mass is 9.99. The van der Waals surface area contributed by atoms with Crippen LogP contribution in [0.1, 0.15) is 39.0 Å². The molecular formula is C12H22O2S. The molecule has 1 rings (SSSR count). The molecule has 0 N–H and O–H groups in total. The third-order valence-corrected chi connectivity index (χ3v) is 4.35. The van der Waals surface area contributed by atoms with Crippen LogP contribution in [0.5, 0.6) is 0 Å². The van der Waals surface area contributed by atoms with Gasteiger partial charge in [-0.3, -0.25) is 4.21 Å². The summed E-state index contributed by atoms with van der Waals surface area (Å²) < 4.78 is 16.8. The zero-order chi connectivity index (χ0) is 10.9. The minimum Gasteiger partial charge on any atom is -0.502 e. The molecule has 0 aromatic carbocycles. The highest BCUT2D eigenvalue weighted by molar-refractivity contribution is 7.84. The second-order valence-electron chi connectivity index (χ2n) is 4.15. The van der Waals surface area contributed by atoms with Crippen LogP contribution < -0.4 is 0 Å². The molecule has 1 fully saturated rings. The smallest absolute Gasteiger partial charge is 0.0873 e. The number of hydrogen-bond acceptors (Lipinski definition) is 2. The van der Waals surface area contributed by atoms with Crippen LogP contribution >= 0.6 is 0 Å². The van der Waals surface area contributed by atoms with Crippen molar-refractivity contribution in [3.05, 3.63) is 12.3 Å². The van der Waals surface area contributed by atoms with Crippen molar-refractivity contribution in [1.29, 1.82) is 0 Å². The minimum atomic E-state index is -0.551. The first-order valence-corrected chi connectivity index (χ1v) is 7.39. The summed E-state index contributed by atoms with van der Waals surface area (Å²) >= 11 is 0. The Morgan fingerprint density at radius 3 is 3.13 bits per heavy atom. The second kappa shape index (κ2) is 7.91. The molecule has 1 heterocycles. The molecule has 3 heteroatoms. The molecule has 1 aliphatic heterocycles. The van der Waals surface area contributed by atoms with Gasteiger partial charge in [0.15, 0.2) is 0 Å². The van der Waals surface area contributed by atoms with Crippen LogP contribution in [0.2, 0.25) is 0 Å². The molecule has 0 saturated carbocycles. The molecule has 0 amide bonds. The van der Waals surface area contributed by atoms with Gasteiger partial charge < -0.3 is 4.74 Å². The van der Waals surface area contributed by atoms with Crippen molar-refractivity contribution >= 4 is 10.8 Å². The highest BCUT2D eigenvalue weighted by atomic mass is 32.2. The molecule has 0 aromatic rings. The molecule has 88 valence electrons. The second-order valence-corrected chi connectivity index (χ2v) is 5.78. The Morgan fingerprint density at radius 2 is 2.33 bits per heavy atom. The summed E-state index contributed by atoms with van der Waals surface area (Å²) in [6.45, 7) is 2.75. The molecule has 0 bridgehead atoms. The van der Waals surface area contributed by atoms with Gasteiger partial charge >= 0.3 is 0 Å². The van der Waals surface area contributed by atoms with Crippen molar-refractivity contribution in [2.24, 2.45) is 5.92 Å². The van der Waals surface area contributed by atoms with E-state index < -0.39 is 10.8 Å². The molecule has 2 atom stereocenters. The van der Waals surface area contributed by atoms with Gasteiger partial charge in [0.2, 0.25) is 0 Å². The summed E-state index contributed by atoms with van der Waals surface area (Å²) in [5.74, 6) is 2.51. The van der Waals surface area contributed by atoms with E-state index in [2.05, 4.69) is 0 Å². The Bertz CT molecular complexity index is 214. The Morgan fingerprint density at radius 1 is 1.47 bits per heavy atom. The molecule has 0 aliphatic carbocycles. The van der Waals surface area contributed by atoms with Gasteiger partial charge in [0.1, 0.15) is 0 Å². The van der Waals surface area contributed by atoms with Gasteiger partial charge in [0.25, 0.3) is 0 Å². The van der Waals surface area contributed by atoms with Crippen molar-refractivity contribution in [2.75, 3.05) is 18.1 Å². The van der Waals surface area contributed by atoms with E-state index in [9.17, 15) is 4.21 Å². The van der Waals surface area contributed by atoms with Crippen LogP contribution in [-0.4, -0.2) is 22.3 Å². The Kier molecular flexibility index (Phi) is 6.73. The normalized spacial score (nSPS) is 27.8. The molecule has 2 unspecified atom stereocenters. The van der Waals surface area contributed by atoms with Crippen molar-refractivity contribution in [3.63, 3.8) is 0 Å². The largest absolute Gasteiger partial charge is 0.502 e. The third kappa shape index (κ3) is 5.98. The predicted octanol–water partition coefficient (Wildman–Crippen LogP) is 2.87. The van der Waals surface area contributed by atoms with Gasteiger partial charge in [-0.15, -0.1) is 0 Å². The summed E-state index contributed by atoms with van der Waals surface area (Å²) in [4.78, 5) is 0. The van der Waals surface area contributed by atoms with E-state index in [1.54, 1.807) is 6.26 Å². The van der Waals surface area contributed by atoms with Crippen molar-refractivity contribution < 1.29 is 8.95 Å². The van der Waals surface area contributed by atoms with E-state index in [0.29, 0.717) is 5.92 Å². The predicted molar refractivity (Wildman–Crippen MR) is 65.2 cm³/mol. The highest BCUT2D eigenvalue weighted by Crippen LogP contribution is 2.20. The lowest BCUT2D eigenvalue weighted by Gasteiger charge is -2.12. The summed E-state index contributed by atoms with van der Waals surface area (Å²) in [6, 6.07) is 0. The van der Waals surface area contributed by atoms with Crippen LogP contribution in [0, 0.1) is 5.92 Å². The Hall–Kier alpha value is -0.310. The first-order chi connectivity index (χ1) is 7.33. The van der Waals surface area contributed by atoms with E-state index in [-0.39, 0.29) is 0 Å². The SMILES string of the molecule is C/C=C/OCCCC1CCCCS(=O)C1. The topological polar surface area (TPSA) is 26.3 Å². The van der Waals surface area contributed by atoms with Crippen LogP contribution in [-0.2, 0) is 15.5 Å². The maximum Gasteiger partial charge on any atom is 0.0873 e. The van der Waals surface area contributed by atoms with E-state index in [1.807, 2.05) is 13.0 Å². The van der Waals surface area contributed by atoms with E-state index in [1.165, 1.54) is 19.3 Å². The molecule has 1 aliphatic rings. The van der Waals surface area contributed by atoms with Gasteiger partial charge in [0, 0.05) is 22.3 Å². The fourth-order valence-corrected chi connectivity index (χ4v) is 3.52. The van der Waals surface area contributed by atoms with Gasteiger partial charge in [-0.1, -0.05) is 12.5 Å². The Labute approximate surface area is 95.5 Å². The number of rotatable bonds is 5. The first-order valence-electron chi connectivity index (χ1n) is 5.90. The summed E-state index contributed by atoms with van der Waals surface area (Å²) in [5, 5.41) is 0. The van der Waals surface area contributed by atoms with Gasteiger partial charge in [-0.05, 0) is 38.5 Å². The fourth-order valence-electron chi connectivity index (χ4n) is 1.97. The zero-order valence-electron chi connectivity index (χ0n) is 9.61. The van der Waals surface area contributed by atoms with Crippen molar-refractivity contribution in [2.45, 2.75) is 39.0 Å². The zero-order valence-corrected chi connectivity index (χ0v) is 10.4.